The number of nitrogens with one attached hydrogen (secondary N) is 2. The first-order chi connectivity index (χ1) is 10.9. The van der Waals surface area contributed by atoms with E-state index >= 15 is 0 Å². The maximum atomic E-state index is 13.3. The molecule has 126 valence electrons. The zero-order chi connectivity index (χ0) is 17.0. The smallest absolute Gasteiger partial charge is 0.0671 e. The quantitative estimate of drug-likeness (QED) is 0.808. The van der Waals surface area contributed by atoms with Gasteiger partial charge in [-0.1, -0.05) is 50.6 Å². The van der Waals surface area contributed by atoms with Gasteiger partial charge in [-0.05, 0) is 42.6 Å². The van der Waals surface area contributed by atoms with Gasteiger partial charge in [0, 0.05) is 17.4 Å². The summed E-state index contributed by atoms with van der Waals surface area (Å²) >= 11 is 6.37. The molecule has 0 amide bonds. The van der Waals surface area contributed by atoms with Gasteiger partial charge in [0.2, 0.25) is 0 Å². The zero-order valence-electron chi connectivity index (χ0n) is 14.2. The molecule has 1 heterocycles. The second-order valence-electron chi connectivity index (χ2n) is 6.68. The van der Waals surface area contributed by atoms with Gasteiger partial charge in [0.05, 0.1) is 20.9 Å². The molecule has 0 fully saturated rings. The molecule has 2 N–H and O–H groups in total. The Labute approximate surface area is 146 Å². The summed E-state index contributed by atoms with van der Waals surface area (Å²) in [7, 11) is 0.740. The molecule has 0 saturated carbocycles. The van der Waals surface area contributed by atoms with Crippen LogP contribution >= 0.6 is 11.6 Å². The molecule has 2 rings (SSSR count). The van der Waals surface area contributed by atoms with E-state index in [0.717, 1.165) is 29.0 Å². The largest absolute Gasteiger partial charge is 0.366 e. The Morgan fingerprint density at radius 3 is 2.57 bits per heavy atom. The van der Waals surface area contributed by atoms with Gasteiger partial charge in [0.1, 0.15) is 0 Å². The third kappa shape index (κ3) is 4.25. The highest BCUT2D eigenvalue weighted by Gasteiger charge is 2.28. The van der Waals surface area contributed by atoms with Gasteiger partial charge < -0.3 is 10.3 Å². The first-order valence-electron chi connectivity index (χ1n) is 7.83. The maximum absolute atomic E-state index is 13.3. The van der Waals surface area contributed by atoms with E-state index in [1.165, 1.54) is 0 Å². The van der Waals surface area contributed by atoms with Crippen molar-refractivity contribution in [1.29, 1.82) is 0 Å². The first-order valence-corrected chi connectivity index (χ1v) is 9.42. The predicted octanol–water partition coefficient (Wildman–Crippen LogP) is 4.42. The summed E-state index contributed by atoms with van der Waals surface area (Å²) in [4.78, 5) is 3.99. The molecule has 5 heteroatoms. The van der Waals surface area contributed by atoms with Gasteiger partial charge in [0.25, 0.3) is 0 Å². The number of aromatic nitrogens is 1. The lowest BCUT2D eigenvalue weighted by atomic mass is 9.89. The second-order valence-corrected chi connectivity index (χ2v) is 8.69. The molecule has 1 aromatic carbocycles. The third-order valence-corrected chi connectivity index (χ3v) is 6.02. The van der Waals surface area contributed by atoms with Crippen molar-refractivity contribution in [2.45, 2.75) is 42.8 Å². The summed E-state index contributed by atoms with van der Waals surface area (Å²) in [6.45, 7) is 7.19. The highest BCUT2D eigenvalue weighted by molar-refractivity contribution is 7.85. The van der Waals surface area contributed by atoms with Gasteiger partial charge in [-0.25, -0.2) is 0 Å². The molecule has 2 aromatic rings. The van der Waals surface area contributed by atoms with Gasteiger partial charge >= 0.3 is 0 Å². The van der Waals surface area contributed by atoms with E-state index in [9.17, 15) is 4.21 Å². The van der Waals surface area contributed by atoms with Crippen molar-refractivity contribution in [3.8, 4) is 0 Å². The average Bonchev–Trinajstić information content (AvgIpc) is 2.98. The van der Waals surface area contributed by atoms with E-state index in [0.29, 0.717) is 5.02 Å². The van der Waals surface area contributed by atoms with Crippen LogP contribution in [0.4, 0.5) is 0 Å². The molecule has 1 aromatic heterocycles. The SMILES string of the molecule is CNCCC(c1ccccc1Cl)S(=O)c1c[nH]cc1C(C)(C)C. The van der Waals surface area contributed by atoms with Crippen LogP contribution in [0.15, 0.2) is 41.6 Å². The lowest BCUT2D eigenvalue weighted by molar-refractivity contribution is 0.576. The van der Waals surface area contributed by atoms with Crippen molar-refractivity contribution in [3.05, 3.63) is 52.8 Å². The minimum Gasteiger partial charge on any atom is -0.366 e. The van der Waals surface area contributed by atoms with Crippen LogP contribution in [0.1, 0.15) is 43.6 Å². The van der Waals surface area contributed by atoms with E-state index in [4.69, 9.17) is 11.6 Å². The molecular formula is C18H25ClN2OS. The van der Waals surface area contributed by atoms with Crippen LogP contribution in [-0.2, 0) is 16.2 Å². The minimum absolute atomic E-state index is 0.0565. The van der Waals surface area contributed by atoms with Crippen LogP contribution in [-0.4, -0.2) is 22.8 Å². The number of hydrogen-bond acceptors (Lipinski definition) is 2. The summed E-state index contributed by atoms with van der Waals surface area (Å²) in [5, 5.41) is 3.69. The first kappa shape index (κ1) is 18.2. The number of benzene rings is 1. The Kier molecular flexibility index (Phi) is 6.06. The standard InChI is InChI=1S/C18H25ClN2OS/c1-18(2,3)14-11-21-12-17(14)23(22)16(9-10-20-4)13-7-5-6-8-15(13)19/h5-8,11-12,16,20-21H,9-10H2,1-4H3. The van der Waals surface area contributed by atoms with Gasteiger partial charge in [-0.3, -0.25) is 4.21 Å². The van der Waals surface area contributed by atoms with Crippen LogP contribution in [0, 0.1) is 0 Å². The monoisotopic (exact) mass is 352 g/mol. The molecule has 0 aliphatic heterocycles. The summed E-state index contributed by atoms with van der Waals surface area (Å²) in [6.07, 6.45) is 4.58. The normalized spacial score (nSPS) is 14.7. The molecule has 0 saturated heterocycles. The lowest BCUT2D eigenvalue weighted by Crippen LogP contribution is -2.18. The zero-order valence-corrected chi connectivity index (χ0v) is 15.7. The number of rotatable bonds is 6. The molecule has 2 atom stereocenters. The van der Waals surface area contributed by atoms with Crippen molar-refractivity contribution >= 4 is 22.4 Å². The fourth-order valence-corrected chi connectivity index (χ4v) is 4.82. The van der Waals surface area contributed by atoms with E-state index in [-0.39, 0.29) is 10.7 Å². The highest BCUT2D eigenvalue weighted by atomic mass is 35.5. The van der Waals surface area contributed by atoms with E-state index in [1.54, 1.807) is 0 Å². The van der Waals surface area contributed by atoms with Gasteiger partial charge in [-0.2, -0.15) is 0 Å². The molecular weight excluding hydrogens is 328 g/mol. The Balaban J connectivity index is 2.43. The summed E-state index contributed by atoms with van der Waals surface area (Å²) in [5.41, 5.74) is 1.99. The fraction of sp³-hybridized carbons (Fsp3) is 0.444. The Morgan fingerprint density at radius 1 is 1.26 bits per heavy atom. The predicted molar refractivity (Wildman–Crippen MR) is 98.6 cm³/mol. The second kappa shape index (κ2) is 7.65. The van der Waals surface area contributed by atoms with Gasteiger partial charge in [-0.15, -0.1) is 0 Å². The Morgan fingerprint density at radius 2 is 1.96 bits per heavy atom. The van der Waals surface area contributed by atoms with Crippen molar-refractivity contribution < 1.29 is 4.21 Å². The summed E-state index contributed by atoms with van der Waals surface area (Å²) < 4.78 is 13.3. The summed E-state index contributed by atoms with van der Waals surface area (Å²) in [6, 6.07) is 7.69. The van der Waals surface area contributed by atoms with E-state index in [2.05, 4.69) is 31.1 Å². The number of hydrogen-bond donors (Lipinski definition) is 2. The molecule has 3 nitrogen and oxygen atoms in total. The molecule has 0 aliphatic carbocycles. The fourth-order valence-electron chi connectivity index (χ4n) is 2.64. The van der Waals surface area contributed by atoms with Crippen LogP contribution in [0.3, 0.4) is 0 Å². The van der Waals surface area contributed by atoms with Gasteiger partial charge in [0.15, 0.2) is 0 Å². The maximum Gasteiger partial charge on any atom is 0.0671 e. The van der Waals surface area contributed by atoms with E-state index in [1.807, 2.05) is 43.7 Å². The Hall–Kier alpha value is -1.10. The molecule has 0 aliphatic rings. The topological polar surface area (TPSA) is 44.9 Å². The van der Waals surface area contributed by atoms with Crippen LogP contribution in [0.2, 0.25) is 5.02 Å². The van der Waals surface area contributed by atoms with Crippen LogP contribution in [0.25, 0.3) is 0 Å². The van der Waals surface area contributed by atoms with Crippen LogP contribution < -0.4 is 5.32 Å². The van der Waals surface area contributed by atoms with Crippen molar-refractivity contribution in [2.24, 2.45) is 0 Å². The summed E-state index contributed by atoms with van der Waals surface area (Å²) in [5.74, 6) is 0. The molecule has 2 unspecified atom stereocenters. The lowest BCUT2D eigenvalue weighted by Gasteiger charge is -2.23. The highest BCUT2D eigenvalue weighted by Crippen LogP contribution is 2.36. The molecule has 0 spiro atoms. The molecule has 0 bridgehead atoms. The van der Waals surface area contributed by atoms with Crippen molar-refractivity contribution in [2.75, 3.05) is 13.6 Å². The Bertz CT molecular complexity index is 676. The average molecular weight is 353 g/mol. The minimum atomic E-state index is -1.17. The third-order valence-electron chi connectivity index (χ3n) is 3.90. The van der Waals surface area contributed by atoms with E-state index < -0.39 is 10.8 Å². The molecule has 23 heavy (non-hydrogen) atoms. The number of aromatic amines is 1. The van der Waals surface area contributed by atoms with Crippen molar-refractivity contribution in [3.63, 3.8) is 0 Å². The number of H-pyrrole nitrogens is 1. The van der Waals surface area contributed by atoms with Crippen LogP contribution in [0.5, 0.6) is 0 Å². The van der Waals surface area contributed by atoms with Crippen molar-refractivity contribution in [1.82, 2.24) is 10.3 Å². The molecule has 0 radical (unpaired) electrons. The number of halogens is 1.